The zero-order chi connectivity index (χ0) is 12.3. The molecule has 0 aliphatic carbocycles. The van der Waals surface area contributed by atoms with E-state index in [2.05, 4.69) is 0 Å². The molecule has 0 aliphatic rings. The number of hydrogen-bond acceptors (Lipinski definition) is 5. The molecule has 4 N–H and O–H groups in total. The van der Waals surface area contributed by atoms with Gasteiger partial charge in [0.1, 0.15) is 5.25 Å². The fourth-order valence-corrected chi connectivity index (χ4v) is 2.32. The number of sulfone groups is 1. The van der Waals surface area contributed by atoms with Crippen molar-refractivity contribution in [3.63, 3.8) is 0 Å². The summed E-state index contributed by atoms with van der Waals surface area (Å²) in [5, 5.41) is 17.6. The number of aliphatic hydroxyl groups excluding tert-OH is 2. The summed E-state index contributed by atoms with van der Waals surface area (Å²) in [6.45, 7) is -0.630. The number of benzene rings is 1. The maximum absolute atomic E-state index is 11.3. The normalized spacial score (nSPS) is 15.7. The van der Waals surface area contributed by atoms with Crippen LogP contribution in [0.4, 0.5) is 5.69 Å². The lowest BCUT2D eigenvalue weighted by Gasteiger charge is -2.19. The lowest BCUT2D eigenvalue weighted by molar-refractivity contribution is 0.138. The molecule has 0 aliphatic heterocycles. The van der Waals surface area contributed by atoms with Crippen molar-refractivity contribution in [2.75, 3.05) is 18.6 Å². The van der Waals surface area contributed by atoms with Crippen LogP contribution in [0.25, 0.3) is 0 Å². The third kappa shape index (κ3) is 2.94. The Balaban J connectivity index is 3.05. The van der Waals surface area contributed by atoms with Crippen molar-refractivity contribution in [2.24, 2.45) is 0 Å². The molecule has 16 heavy (non-hydrogen) atoms. The number of nitrogen functional groups attached to an aromatic ring is 1. The minimum Gasteiger partial charge on any atom is -0.399 e. The van der Waals surface area contributed by atoms with E-state index < -0.39 is 27.8 Å². The predicted molar refractivity (Wildman–Crippen MR) is 61.5 cm³/mol. The predicted octanol–water partition coefficient (Wildman–Crippen LogP) is -0.292. The van der Waals surface area contributed by atoms with Crippen LogP contribution in [0.5, 0.6) is 0 Å². The standard InChI is InChI=1S/C10H15NO4S/c1-16(14,15)9(6-12)10(13)7-3-2-4-8(11)5-7/h2-5,9-10,12-13H,6,11H2,1H3/t9-,10+/m0/s1. The third-order valence-electron chi connectivity index (χ3n) is 2.33. The van der Waals surface area contributed by atoms with Crippen LogP contribution >= 0.6 is 0 Å². The molecular formula is C10H15NO4S. The molecule has 0 aromatic heterocycles. The molecule has 0 spiro atoms. The summed E-state index contributed by atoms with van der Waals surface area (Å²) in [6.07, 6.45) is -0.299. The summed E-state index contributed by atoms with van der Waals surface area (Å²) in [7, 11) is -3.52. The first kappa shape index (κ1) is 13.0. The van der Waals surface area contributed by atoms with Crippen molar-refractivity contribution in [3.8, 4) is 0 Å². The second-order valence-electron chi connectivity index (χ2n) is 3.67. The van der Waals surface area contributed by atoms with Crippen LogP contribution in [-0.4, -0.2) is 36.7 Å². The van der Waals surface area contributed by atoms with E-state index in [1.54, 1.807) is 18.2 Å². The fourth-order valence-electron chi connectivity index (χ4n) is 1.43. The molecule has 2 atom stereocenters. The molecule has 0 heterocycles. The Morgan fingerprint density at radius 2 is 2.06 bits per heavy atom. The highest BCUT2D eigenvalue weighted by Gasteiger charge is 2.29. The minimum absolute atomic E-state index is 0.379. The Hall–Kier alpha value is -1.11. The maximum atomic E-state index is 11.3. The van der Waals surface area contributed by atoms with E-state index in [1.807, 2.05) is 0 Å². The largest absolute Gasteiger partial charge is 0.399 e. The Morgan fingerprint density at radius 3 is 2.50 bits per heavy atom. The van der Waals surface area contributed by atoms with Crippen LogP contribution < -0.4 is 5.73 Å². The monoisotopic (exact) mass is 245 g/mol. The molecule has 0 radical (unpaired) electrons. The van der Waals surface area contributed by atoms with Crippen molar-refractivity contribution in [2.45, 2.75) is 11.4 Å². The highest BCUT2D eigenvalue weighted by atomic mass is 32.2. The van der Waals surface area contributed by atoms with Gasteiger partial charge in [0.15, 0.2) is 9.84 Å². The van der Waals surface area contributed by atoms with E-state index in [0.717, 1.165) is 6.26 Å². The smallest absolute Gasteiger partial charge is 0.155 e. The highest BCUT2D eigenvalue weighted by molar-refractivity contribution is 7.91. The van der Waals surface area contributed by atoms with Gasteiger partial charge in [-0.25, -0.2) is 8.42 Å². The number of aliphatic hydroxyl groups is 2. The summed E-state index contributed by atoms with van der Waals surface area (Å²) in [6, 6.07) is 6.29. The summed E-state index contributed by atoms with van der Waals surface area (Å²) < 4.78 is 22.6. The van der Waals surface area contributed by atoms with Crippen molar-refractivity contribution in [1.82, 2.24) is 0 Å². The first-order chi connectivity index (χ1) is 7.36. The van der Waals surface area contributed by atoms with Crippen LogP contribution in [0.2, 0.25) is 0 Å². The molecule has 90 valence electrons. The van der Waals surface area contributed by atoms with Gasteiger partial charge in [-0.05, 0) is 17.7 Å². The van der Waals surface area contributed by atoms with Gasteiger partial charge < -0.3 is 15.9 Å². The molecule has 0 fully saturated rings. The summed E-state index contributed by atoms with van der Waals surface area (Å²) in [5.41, 5.74) is 6.34. The van der Waals surface area contributed by atoms with Gasteiger partial charge in [-0.3, -0.25) is 0 Å². The zero-order valence-electron chi connectivity index (χ0n) is 8.87. The molecule has 5 nitrogen and oxygen atoms in total. The molecule has 0 amide bonds. The van der Waals surface area contributed by atoms with E-state index in [4.69, 9.17) is 10.8 Å². The van der Waals surface area contributed by atoms with Gasteiger partial charge in [-0.15, -0.1) is 0 Å². The molecule has 6 heteroatoms. The van der Waals surface area contributed by atoms with E-state index in [1.165, 1.54) is 6.07 Å². The molecule has 0 saturated carbocycles. The van der Waals surface area contributed by atoms with E-state index in [9.17, 15) is 13.5 Å². The highest BCUT2D eigenvalue weighted by Crippen LogP contribution is 2.23. The van der Waals surface area contributed by atoms with Gasteiger partial charge in [-0.2, -0.15) is 0 Å². The second kappa shape index (κ2) is 4.82. The van der Waals surface area contributed by atoms with Crippen LogP contribution in [0.3, 0.4) is 0 Å². The Morgan fingerprint density at radius 1 is 1.44 bits per heavy atom. The van der Waals surface area contributed by atoms with E-state index in [-0.39, 0.29) is 0 Å². The lowest BCUT2D eigenvalue weighted by atomic mass is 10.1. The summed E-state index contributed by atoms with van der Waals surface area (Å²) >= 11 is 0. The van der Waals surface area contributed by atoms with Crippen LogP contribution in [0, 0.1) is 0 Å². The van der Waals surface area contributed by atoms with E-state index >= 15 is 0 Å². The number of hydrogen-bond donors (Lipinski definition) is 3. The van der Waals surface area contributed by atoms with Crippen molar-refractivity contribution in [1.29, 1.82) is 0 Å². The zero-order valence-corrected chi connectivity index (χ0v) is 9.68. The van der Waals surface area contributed by atoms with Crippen molar-refractivity contribution >= 4 is 15.5 Å². The molecule has 0 saturated heterocycles. The Labute approximate surface area is 94.4 Å². The van der Waals surface area contributed by atoms with Crippen molar-refractivity contribution < 1.29 is 18.6 Å². The summed E-state index contributed by atoms with van der Waals surface area (Å²) in [4.78, 5) is 0. The first-order valence-corrected chi connectivity index (χ1v) is 6.65. The topological polar surface area (TPSA) is 101 Å². The van der Waals surface area contributed by atoms with Crippen LogP contribution in [-0.2, 0) is 9.84 Å². The number of nitrogens with two attached hydrogens (primary N) is 1. The minimum atomic E-state index is -3.52. The fraction of sp³-hybridized carbons (Fsp3) is 0.400. The SMILES string of the molecule is CS(=O)(=O)[C@@H](CO)[C@H](O)c1cccc(N)c1. The lowest BCUT2D eigenvalue weighted by Crippen LogP contribution is -2.31. The molecule has 1 rings (SSSR count). The molecule has 0 unspecified atom stereocenters. The van der Waals surface area contributed by atoms with Crippen molar-refractivity contribution in [3.05, 3.63) is 29.8 Å². The van der Waals surface area contributed by atoms with Gasteiger partial charge in [0.2, 0.25) is 0 Å². The average molecular weight is 245 g/mol. The third-order valence-corrected chi connectivity index (χ3v) is 3.84. The molecule has 0 bridgehead atoms. The molecule has 1 aromatic carbocycles. The van der Waals surface area contributed by atoms with E-state index in [0.29, 0.717) is 11.3 Å². The second-order valence-corrected chi connectivity index (χ2v) is 5.93. The average Bonchev–Trinajstić information content (AvgIpc) is 2.16. The van der Waals surface area contributed by atoms with Gasteiger partial charge in [0, 0.05) is 11.9 Å². The van der Waals surface area contributed by atoms with Crippen LogP contribution in [0.15, 0.2) is 24.3 Å². The van der Waals surface area contributed by atoms with Gasteiger partial charge in [-0.1, -0.05) is 12.1 Å². The number of rotatable bonds is 4. The summed E-state index contributed by atoms with van der Waals surface area (Å²) in [5.74, 6) is 0. The number of anilines is 1. The van der Waals surface area contributed by atoms with Gasteiger partial charge in [0.05, 0.1) is 12.7 Å². The maximum Gasteiger partial charge on any atom is 0.155 e. The molecule has 1 aromatic rings. The molecular weight excluding hydrogens is 230 g/mol. The van der Waals surface area contributed by atoms with Crippen LogP contribution in [0.1, 0.15) is 11.7 Å². The Kier molecular flexibility index (Phi) is 3.90. The van der Waals surface area contributed by atoms with Gasteiger partial charge >= 0.3 is 0 Å². The quantitative estimate of drug-likeness (QED) is 0.633. The first-order valence-electron chi connectivity index (χ1n) is 4.69. The van der Waals surface area contributed by atoms with Gasteiger partial charge in [0.25, 0.3) is 0 Å². The Bertz CT molecular complexity index is 458.